The van der Waals surface area contributed by atoms with Crippen LogP contribution >= 0.6 is 12.2 Å². The first-order valence-corrected chi connectivity index (χ1v) is 10.6. The van der Waals surface area contributed by atoms with E-state index in [-0.39, 0.29) is 16.2 Å². The lowest BCUT2D eigenvalue weighted by Crippen LogP contribution is -2.17. The van der Waals surface area contributed by atoms with Gasteiger partial charge in [-0.1, -0.05) is 78.9 Å². The number of fused-ring (bicyclic) bond motifs is 1. The molecule has 0 fully saturated rings. The van der Waals surface area contributed by atoms with Crippen molar-refractivity contribution in [3.8, 4) is 5.88 Å². The highest BCUT2D eigenvalue weighted by atomic mass is 32.1. The number of rotatable bonds is 4. The Balaban J connectivity index is 1.68. The van der Waals surface area contributed by atoms with E-state index < -0.39 is 5.56 Å². The summed E-state index contributed by atoms with van der Waals surface area (Å²) in [5, 5.41) is 11.1. The van der Waals surface area contributed by atoms with Crippen LogP contribution in [-0.4, -0.2) is 20.4 Å². The van der Waals surface area contributed by atoms with Crippen molar-refractivity contribution in [2.24, 2.45) is 4.99 Å². The van der Waals surface area contributed by atoms with E-state index >= 15 is 0 Å². The Labute approximate surface area is 189 Å². The van der Waals surface area contributed by atoms with Crippen LogP contribution in [0.4, 0.5) is 5.69 Å². The van der Waals surface area contributed by atoms with Gasteiger partial charge in [0.1, 0.15) is 5.56 Å². The SMILES string of the molecule is O=c1[nH]c(=S)n(Cc2ccccc2)c(O)c1/C=C1/C(c2ccccc2)=Nc2ccccc21. The predicted octanol–water partition coefficient (Wildman–Crippen LogP) is 5.33. The fourth-order valence-corrected chi connectivity index (χ4v) is 4.08. The Morgan fingerprint density at radius 3 is 2.34 bits per heavy atom. The fraction of sp³-hybridized carbons (Fsp3) is 0.0385. The van der Waals surface area contributed by atoms with Gasteiger partial charge in [0.25, 0.3) is 5.56 Å². The summed E-state index contributed by atoms with van der Waals surface area (Å²) in [4.78, 5) is 20.3. The molecule has 5 rings (SSSR count). The van der Waals surface area contributed by atoms with Gasteiger partial charge in [0.2, 0.25) is 5.88 Å². The molecular formula is C26H19N3O2S. The van der Waals surface area contributed by atoms with E-state index in [0.29, 0.717) is 6.54 Å². The number of hydrogen-bond donors (Lipinski definition) is 2. The summed E-state index contributed by atoms with van der Waals surface area (Å²) in [6.45, 7) is 0.342. The average molecular weight is 438 g/mol. The number of aromatic amines is 1. The van der Waals surface area contributed by atoms with Crippen molar-refractivity contribution in [2.75, 3.05) is 0 Å². The number of aliphatic imine (C=N–C) groups is 1. The van der Waals surface area contributed by atoms with Gasteiger partial charge in [-0.05, 0) is 29.9 Å². The van der Waals surface area contributed by atoms with E-state index in [1.165, 1.54) is 4.57 Å². The highest BCUT2D eigenvalue weighted by Gasteiger charge is 2.23. The van der Waals surface area contributed by atoms with Crippen LogP contribution in [0.15, 0.2) is 94.7 Å². The topological polar surface area (TPSA) is 70.4 Å². The number of hydrogen-bond acceptors (Lipinski definition) is 4. The molecule has 0 unspecified atom stereocenters. The van der Waals surface area contributed by atoms with Gasteiger partial charge in [-0.15, -0.1) is 0 Å². The summed E-state index contributed by atoms with van der Waals surface area (Å²) in [5.41, 5.74) is 4.85. The minimum Gasteiger partial charge on any atom is -0.494 e. The molecule has 32 heavy (non-hydrogen) atoms. The molecule has 5 nitrogen and oxygen atoms in total. The van der Waals surface area contributed by atoms with E-state index in [9.17, 15) is 9.90 Å². The zero-order valence-electron chi connectivity index (χ0n) is 17.0. The van der Waals surface area contributed by atoms with Crippen molar-refractivity contribution in [3.05, 3.63) is 122 Å². The molecule has 1 aromatic heterocycles. The van der Waals surface area contributed by atoms with Crippen molar-refractivity contribution in [3.63, 3.8) is 0 Å². The van der Waals surface area contributed by atoms with Crippen LogP contribution in [0, 0.1) is 4.77 Å². The van der Waals surface area contributed by atoms with Crippen LogP contribution in [0.3, 0.4) is 0 Å². The van der Waals surface area contributed by atoms with Crippen molar-refractivity contribution in [1.82, 2.24) is 9.55 Å². The lowest BCUT2D eigenvalue weighted by atomic mass is 9.96. The van der Waals surface area contributed by atoms with Crippen molar-refractivity contribution < 1.29 is 5.11 Å². The van der Waals surface area contributed by atoms with Crippen LogP contribution in [0.5, 0.6) is 5.88 Å². The number of H-pyrrole nitrogens is 1. The van der Waals surface area contributed by atoms with Crippen LogP contribution in [-0.2, 0) is 6.54 Å². The van der Waals surface area contributed by atoms with Gasteiger partial charge in [-0.25, -0.2) is 4.99 Å². The molecule has 0 saturated carbocycles. The number of aromatic hydroxyl groups is 1. The first kappa shape index (κ1) is 19.9. The molecule has 0 radical (unpaired) electrons. The molecule has 1 aliphatic rings. The number of para-hydroxylation sites is 1. The molecule has 1 aliphatic heterocycles. The van der Waals surface area contributed by atoms with Crippen LogP contribution < -0.4 is 5.56 Å². The highest BCUT2D eigenvalue weighted by molar-refractivity contribution is 7.71. The molecule has 0 atom stereocenters. The second-order valence-electron chi connectivity index (χ2n) is 7.47. The number of allylic oxidation sites excluding steroid dienone is 1. The third kappa shape index (κ3) is 3.61. The zero-order chi connectivity index (χ0) is 22.1. The predicted molar refractivity (Wildman–Crippen MR) is 130 cm³/mol. The molecule has 2 N–H and O–H groups in total. The average Bonchev–Trinajstić information content (AvgIpc) is 3.19. The van der Waals surface area contributed by atoms with E-state index in [1.807, 2.05) is 84.9 Å². The van der Waals surface area contributed by atoms with Crippen LogP contribution in [0.1, 0.15) is 22.3 Å². The lowest BCUT2D eigenvalue weighted by Gasteiger charge is -2.12. The van der Waals surface area contributed by atoms with Crippen LogP contribution in [0.25, 0.3) is 11.6 Å². The van der Waals surface area contributed by atoms with E-state index in [2.05, 4.69) is 4.98 Å². The maximum Gasteiger partial charge on any atom is 0.262 e. The molecule has 0 bridgehead atoms. The lowest BCUT2D eigenvalue weighted by molar-refractivity contribution is 0.411. The molecule has 2 heterocycles. The largest absolute Gasteiger partial charge is 0.494 e. The summed E-state index contributed by atoms with van der Waals surface area (Å²) >= 11 is 5.33. The normalized spacial score (nSPS) is 13.8. The number of nitrogens with zero attached hydrogens (tertiary/aromatic N) is 2. The molecule has 0 amide bonds. The third-order valence-corrected chi connectivity index (χ3v) is 5.73. The summed E-state index contributed by atoms with van der Waals surface area (Å²) in [6.07, 6.45) is 1.70. The minimum atomic E-state index is -0.443. The summed E-state index contributed by atoms with van der Waals surface area (Å²) in [5.74, 6) is -0.174. The quantitative estimate of drug-likeness (QED) is 0.424. The first-order chi connectivity index (χ1) is 15.6. The maximum atomic E-state index is 12.8. The van der Waals surface area contributed by atoms with Gasteiger partial charge in [0, 0.05) is 16.7 Å². The standard InChI is InChI=1S/C26H19N3O2S/c30-24-21(25(31)29(26(32)28-24)16-17-9-3-1-4-10-17)15-20-19-13-7-8-14-22(19)27-23(20)18-11-5-2-6-12-18/h1-15,31H,16H2,(H,28,30,32)/b20-15+. The second-order valence-corrected chi connectivity index (χ2v) is 7.86. The number of nitrogens with one attached hydrogen (secondary N) is 1. The van der Waals surface area contributed by atoms with E-state index in [0.717, 1.165) is 33.7 Å². The van der Waals surface area contributed by atoms with Gasteiger partial charge in [0.05, 0.1) is 17.9 Å². The summed E-state index contributed by atoms with van der Waals surface area (Å²) in [6, 6.07) is 27.2. The molecule has 6 heteroatoms. The fourth-order valence-electron chi connectivity index (χ4n) is 3.83. The Bertz CT molecular complexity index is 1480. The number of aromatic nitrogens is 2. The van der Waals surface area contributed by atoms with Crippen LogP contribution in [0.2, 0.25) is 0 Å². The Hall–Kier alpha value is -4.03. The minimum absolute atomic E-state index is 0.143. The second kappa shape index (κ2) is 8.24. The Kier molecular flexibility index (Phi) is 5.13. The molecule has 156 valence electrons. The third-order valence-electron chi connectivity index (χ3n) is 5.41. The number of benzene rings is 3. The Morgan fingerprint density at radius 1 is 0.938 bits per heavy atom. The molecular weight excluding hydrogens is 418 g/mol. The van der Waals surface area contributed by atoms with Gasteiger partial charge in [-0.2, -0.15) is 0 Å². The maximum absolute atomic E-state index is 12.8. The first-order valence-electron chi connectivity index (χ1n) is 10.2. The molecule has 0 aliphatic carbocycles. The molecule has 4 aromatic rings. The molecule has 0 saturated heterocycles. The van der Waals surface area contributed by atoms with E-state index in [1.54, 1.807) is 6.08 Å². The van der Waals surface area contributed by atoms with Crippen molar-refractivity contribution >= 4 is 35.3 Å². The van der Waals surface area contributed by atoms with Gasteiger partial charge < -0.3 is 5.11 Å². The van der Waals surface area contributed by atoms with Crippen molar-refractivity contribution in [1.29, 1.82) is 0 Å². The highest BCUT2D eigenvalue weighted by Crippen LogP contribution is 2.38. The van der Waals surface area contributed by atoms with Gasteiger partial charge in [-0.3, -0.25) is 14.3 Å². The van der Waals surface area contributed by atoms with Gasteiger partial charge in [0.15, 0.2) is 4.77 Å². The van der Waals surface area contributed by atoms with Crippen molar-refractivity contribution in [2.45, 2.75) is 6.54 Å². The Morgan fingerprint density at radius 2 is 1.59 bits per heavy atom. The molecule has 0 spiro atoms. The zero-order valence-corrected chi connectivity index (χ0v) is 17.8. The molecule has 3 aromatic carbocycles. The van der Waals surface area contributed by atoms with E-state index in [4.69, 9.17) is 17.2 Å². The smallest absolute Gasteiger partial charge is 0.262 e. The summed E-state index contributed by atoms with van der Waals surface area (Å²) in [7, 11) is 0. The monoisotopic (exact) mass is 437 g/mol. The summed E-state index contributed by atoms with van der Waals surface area (Å²) < 4.78 is 1.70. The van der Waals surface area contributed by atoms with Gasteiger partial charge >= 0.3 is 0 Å².